The highest BCUT2D eigenvalue weighted by Gasteiger charge is 2.34. The number of carbonyl (C=O) groups excluding carboxylic acids is 1. The van der Waals surface area contributed by atoms with E-state index in [9.17, 15) is 13.2 Å². The molecule has 30 heavy (non-hydrogen) atoms. The van der Waals surface area contributed by atoms with Gasteiger partial charge in [-0.2, -0.15) is 0 Å². The predicted octanol–water partition coefficient (Wildman–Crippen LogP) is 3.54. The van der Waals surface area contributed by atoms with Gasteiger partial charge in [0.1, 0.15) is 0 Å². The van der Waals surface area contributed by atoms with Gasteiger partial charge >= 0.3 is 0 Å². The molecule has 4 rings (SSSR count). The van der Waals surface area contributed by atoms with Gasteiger partial charge in [0.2, 0.25) is 15.9 Å². The number of carbonyl (C=O) groups is 1. The molecule has 1 unspecified atom stereocenters. The molecule has 2 aromatic carbocycles. The first-order valence-corrected chi connectivity index (χ1v) is 12.7. The first-order chi connectivity index (χ1) is 14.4. The van der Waals surface area contributed by atoms with Crippen LogP contribution in [0.2, 0.25) is 0 Å². The summed E-state index contributed by atoms with van der Waals surface area (Å²) in [5, 5.41) is 0.675. The number of fused-ring (bicyclic) bond motifs is 1. The van der Waals surface area contributed by atoms with E-state index in [1.165, 1.54) is 21.9 Å². The third-order valence-corrected chi connectivity index (χ3v) is 7.78. The molecule has 1 amide bonds. The maximum atomic E-state index is 13.5. The van der Waals surface area contributed by atoms with E-state index in [4.69, 9.17) is 4.98 Å². The fourth-order valence-corrected chi connectivity index (χ4v) is 5.74. The molecule has 1 atom stereocenters. The Bertz CT molecular complexity index is 1100. The second-order valence-corrected chi connectivity index (χ2v) is 10.6. The number of benzene rings is 2. The average molecular weight is 444 g/mol. The molecule has 8 heteroatoms. The Kier molecular flexibility index (Phi) is 6.17. The normalized spacial score (nSPS) is 17.8. The summed E-state index contributed by atoms with van der Waals surface area (Å²) < 4.78 is 26.5. The first-order valence-electron chi connectivity index (χ1n) is 10.1. The number of anilines is 1. The van der Waals surface area contributed by atoms with Crippen molar-refractivity contribution in [2.75, 3.05) is 30.8 Å². The molecule has 158 valence electrons. The number of amides is 1. The minimum Gasteiger partial charge on any atom is -0.287 e. The van der Waals surface area contributed by atoms with Gasteiger partial charge in [-0.15, -0.1) is 0 Å². The maximum absolute atomic E-state index is 13.5. The van der Waals surface area contributed by atoms with Crippen LogP contribution in [0.5, 0.6) is 0 Å². The number of nitrogens with zero attached hydrogens (tertiary/aromatic N) is 3. The van der Waals surface area contributed by atoms with E-state index in [1.54, 1.807) is 4.90 Å². The largest absolute Gasteiger partial charge is 0.287 e. The van der Waals surface area contributed by atoms with Crippen molar-refractivity contribution in [3.8, 4) is 0 Å². The molecule has 0 spiro atoms. The number of hydrogen-bond donors (Lipinski definition) is 0. The molecule has 1 saturated heterocycles. The summed E-state index contributed by atoms with van der Waals surface area (Å²) in [5.41, 5.74) is 2.02. The Balaban J connectivity index is 1.61. The van der Waals surface area contributed by atoms with Crippen molar-refractivity contribution in [2.45, 2.75) is 19.3 Å². The Hall–Kier alpha value is -2.29. The number of para-hydroxylation sites is 1. The minimum atomic E-state index is -3.31. The molecule has 6 nitrogen and oxygen atoms in total. The fraction of sp³-hybridized carbons (Fsp3) is 0.364. The van der Waals surface area contributed by atoms with Gasteiger partial charge in [0, 0.05) is 19.6 Å². The zero-order valence-corrected chi connectivity index (χ0v) is 18.5. The molecule has 1 aliphatic heterocycles. The summed E-state index contributed by atoms with van der Waals surface area (Å²) in [6, 6.07) is 17.9. The summed E-state index contributed by atoms with van der Waals surface area (Å²) >= 11 is 1.50. The quantitative estimate of drug-likeness (QED) is 0.584. The number of rotatable bonds is 6. The number of piperidine rings is 1. The summed E-state index contributed by atoms with van der Waals surface area (Å²) in [4.78, 5) is 20.0. The van der Waals surface area contributed by atoms with Crippen molar-refractivity contribution in [3.05, 3.63) is 60.2 Å². The second kappa shape index (κ2) is 8.83. The van der Waals surface area contributed by atoms with Gasteiger partial charge in [-0.3, -0.25) is 9.69 Å². The smallest absolute Gasteiger partial charge is 0.233 e. The standard InChI is InChI=1S/C22H25N3O3S2/c1-30(27,28)24-14-7-10-18(16-24)21(26)25(15-13-17-8-3-2-4-9-17)22-23-19-11-5-6-12-20(19)29-22/h2-6,8-9,11-12,18H,7,10,13-16H2,1H3. The minimum absolute atomic E-state index is 0.0432. The molecule has 2 heterocycles. The zero-order chi connectivity index (χ0) is 21.1. The molecule has 1 aliphatic rings. The van der Waals surface area contributed by atoms with E-state index in [1.807, 2.05) is 54.6 Å². The monoisotopic (exact) mass is 443 g/mol. The highest BCUT2D eigenvalue weighted by Crippen LogP contribution is 2.31. The van der Waals surface area contributed by atoms with E-state index in [2.05, 4.69) is 0 Å². The van der Waals surface area contributed by atoms with Crippen molar-refractivity contribution < 1.29 is 13.2 Å². The van der Waals surface area contributed by atoms with Crippen molar-refractivity contribution in [3.63, 3.8) is 0 Å². The Morgan fingerprint density at radius 3 is 2.63 bits per heavy atom. The van der Waals surface area contributed by atoms with Crippen LogP contribution in [0.4, 0.5) is 5.13 Å². The summed E-state index contributed by atoms with van der Waals surface area (Å²) in [5.74, 6) is -0.394. The zero-order valence-electron chi connectivity index (χ0n) is 16.9. The molecule has 0 saturated carbocycles. The Morgan fingerprint density at radius 2 is 1.90 bits per heavy atom. The van der Waals surface area contributed by atoms with Crippen LogP contribution in [0.15, 0.2) is 54.6 Å². The topological polar surface area (TPSA) is 70.6 Å². The number of aromatic nitrogens is 1. The average Bonchev–Trinajstić information content (AvgIpc) is 3.18. The molecule has 1 aromatic heterocycles. The highest BCUT2D eigenvalue weighted by molar-refractivity contribution is 7.88. The van der Waals surface area contributed by atoms with Gasteiger partial charge in [-0.1, -0.05) is 53.8 Å². The van der Waals surface area contributed by atoms with Crippen LogP contribution in [0.25, 0.3) is 10.2 Å². The van der Waals surface area contributed by atoms with Gasteiger partial charge < -0.3 is 0 Å². The lowest BCUT2D eigenvalue weighted by molar-refractivity contribution is -0.123. The molecule has 0 radical (unpaired) electrons. The van der Waals surface area contributed by atoms with E-state index in [-0.39, 0.29) is 18.4 Å². The lowest BCUT2D eigenvalue weighted by Crippen LogP contribution is -2.47. The summed E-state index contributed by atoms with van der Waals surface area (Å²) in [7, 11) is -3.31. The van der Waals surface area contributed by atoms with Gasteiger partial charge in [0.05, 0.1) is 22.4 Å². The van der Waals surface area contributed by atoms with Crippen molar-refractivity contribution in [2.24, 2.45) is 5.92 Å². The van der Waals surface area contributed by atoms with Gasteiger partial charge in [-0.25, -0.2) is 17.7 Å². The molecular weight excluding hydrogens is 418 g/mol. The van der Waals surface area contributed by atoms with Crippen LogP contribution in [0.1, 0.15) is 18.4 Å². The number of hydrogen-bond acceptors (Lipinski definition) is 5. The lowest BCUT2D eigenvalue weighted by Gasteiger charge is -2.33. The van der Waals surface area contributed by atoms with E-state index in [0.29, 0.717) is 37.5 Å². The molecular formula is C22H25N3O3S2. The van der Waals surface area contributed by atoms with E-state index >= 15 is 0 Å². The third kappa shape index (κ3) is 4.71. The third-order valence-electron chi connectivity index (χ3n) is 5.45. The first kappa shape index (κ1) is 21.0. The van der Waals surface area contributed by atoms with E-state index in [0.717, 1.165) is 15.8 Å². The van der Waals surface area contributed by atoms with Gasteiger partial charge in [-0.05, 0) is 37.0 Å². The van der Waals surface area contributed by atoms with Crippen molar-refractivity contribution in [1.29, 1.82) is 0 Å². The van der Waals surface area contributed by atoms with Crippen LogP contribution in [0.3, 0.4) is 0 Å². The van der Waals surface area contributed by atoms with Crippen LogP contribution in [0, 0.1) is 5.92 Å². The van der Waals surface area contributed by atoms with Gasteiger partial charge in [0.25, 0.3) is 0 Å². The van der Waals surface area contributed by atoms with Crippen LogP contribution in [-0.2, 0) is 21.2 Å². The van der Waals surface area contributed by atoms with Crippen molar-refractivity contribution in [1.82, 2.24) is 9.29 Å². The molecule has 0 aliphatic carbocycles. The number of sulfonamides is 1. The SMILES string of the molecule is CS(=O)(=O)N1CCCC(C(=O)N(CCc2ccccc2)c2nc3ccccc3s2)C1. The van der Waals surface area contributed by atoms with Crippen molar-refractivity contribution >= 4 is 42.6 Å². The predicted molar refractivity (Wildman–Crippen MR) is 121 cm³/mol. The van der Waals surface area contributed by atoms with E-state index < -0.39 is 10.0 Å². The Morgan fingerprint density at radius 1 is 1.17 bits per heavy atom. The summed E-state index contributed by atoms with van der Waals surface area (Å²) in [6.07, 6.45) is 3.30. The highest BCUT2D eigenvalue weighted by atomic mass is 32.2. The van der Waals surface area contributed by atoms with Crippen LogP contribution in [-0.4, -0.2) is 49.5 Å². The molecule has 0 N–H and O–H groups in total. The van der Waals surface area contributed by atoms with Crippen LogP contribution >= 0.6 is 11.3 Å². The molecule has 0 bridgehead atoms. The lowest BCUT2D eigenvalue weighted by atomic mass is 9.98. The molecule has 1 fully saturated rings. The van der Waals surface area contributed by atoms with Crippen LogP contribution < -0.4 is 4.90 Å². The second-order valence-electron chi connectivity index (χ2n) is 7.65. The fourth-order valence-electron chi connectivity index (χ4n) is 3.83. The number of thiazole rings is 1. The van der Waals surface area contributed by atoms with Gasteiger partial charge in [0.15, 0.2) is 5.13 Å². The Labute approximate surface area is 181 Å². The maximum Gasteiger partial charge on any atom is 0.233 e. The molecule has 3 aromatic rings. The summed E-state index contributed by atoms with van der Waals surface area (Å²) in [6.45, 7) is 1.23.